The van der Waals surface area contributed by atoms with Gasteiger partial charge in [0.2, 0.25) is 5.95 Å². The Morgan fingerprint density at radius 1 is 0.230 bits per heavy atom. The van der Waals surface area contributed by atoms with E-state index in [1.807, 2.05) is 24.3 Å². The highest BCUT2D eigenvalue weighted by Crippen LogP contribution is 2.45. The Kier molecular flexibility index (Phi) is 10.4. The molecule has 0 aliphatic carbocycles. The molecule has 0 saturated carbocycles. The molecule has 0 aliphatic rings. The van der Waals surface area contributed by atoms with Crippen molar-refractivity contribution in [3.63, 3.8) is 0 Å². The fraction of sp³-hybridized carbons (Fsp3) is 0. The van der Waals surface area contributed by atoms with Crippen molar-refractivity contribution in [1.82, 2.24) is 24.1 Å². The minimum atomic E-state index is 0.544. The number of rotatable bonds is 9. The predicted molar refractivity (Wildman–Crippen MR) is 307 cm³/mol. The standard InChI is InChI=1S/C69H45N5/c1-4-21-46(22-5-1)49-27-18-29-51(43-49)52-30-19-31-53(44-52)55-33-10-11-34-56(55)57-35-12-15-38-62(57)73-63-39-16-13-36-58(63)60-41-42-61-59-37-14-17-40-64(59)74(66(61)65(60)73)69-71-67(48-25-8-3-9-26-48)70-68(72-69)54-32-20-28-50(45-54)47-23-6-2-7-24-47/h1-45H. The molecule has 74 heavy (non-hydrogen) atoms. The van der Waals surface area contributed by atoms with Crippen LogP contribution in [0, 0.1) is 0 Å². The minimum Gasteiger partial charge on any atom is -0.307 e. The lowest BCUT2D eigenvalue weighted by Crippen LogP contribution is -2.07. The van der Waals surface area contributed by atoms with Gasteiger partial charge in [-0.2, -0.15) is 9.97 Å². The number of hydrogen-bond donors (Lipinski definition) is 0. The summed E-state index contributed by atoms with van der Waals surface area (Å²) in [6.07, 6.45) is 0. The Bertz CT molecular complexity index is 4420. The zero-order valence-electron chi connectivity index (χ0n) is 40.2. The van der Waals surface area contributed by atoms with E-state index < -0.39 is 0 Å². The van der Waals surface area contributed by atoms with Crippen LogP contribution in [0.5, 0.6) is 0 Å². The Labute approximate surface area is 428 Å². The molecule has 0 saturated heterocycles. The number of fused-ring (bicyclic) bond motifs is 7. The first kappa shape index (κ1) is 42.9. The van der Waals surface area contributed by atoms with Crippen molar-refractivity contribution in [2.24, 2.45) is 0 Å². The summed E-state index contributed by atoms with van der Waals surface area (Å²) in [7, 11) is 0. The van der Waals surface area contributed by atoms with Gasteiger partial charge in [0.05, 0.1) is 27.8 Å². The van der Waals surface area contributed by atoms with Gasteiger partial charge in [-0.1, -0.05) is 237 Å². The van der Waals surface area contributed by atoms with Gasteiger partial charge in [-0.15, -0.1) is 0 Å². The normalized spacial score (nSPS) is 11.5. The van der Waals surface area contributed by atoms with E-state index in [0.29, 0.717) is 17.6 Å². The van der Waals surface area contributed by atoms with Gasteiger partial charge in [0, 0.05) is 38.2 Å². The van der Waals surface area contributed by atoms with Gasteiger partial charge < -0.3 is 4.57 Å². The third-order valence-electron chi connectivity index (χ3n) is 14.4. The van der Waals surface area contributed by atoms with E-state index in [9.17, 15) is 0 Å². The van der Waals surface area contributed by atoms with Crippen LogP contribution in [0.4, 0.5) is 0 Å². The molecule has 5 heteroatoms. The summed E-state index contributed by atoms with van der Waals surface area (Å²) >= 11 is 0. The summed E-state index contributed by atoms with van der Waals surface area (Å²) in [6.45, 7) is 0. The zero-order valence-corrected chi connectivity index (χ0v) is 40.2. The van der Waals surface area contributed by atoms with Crippen molar-refractivity contribution in [2.75, 3.05) is 0 Å². The van der Waals surface area contributed by atoms with Gasteiger partial charge in [0.15, 0.2) is 11.6 Å². The van der Waals surface area contributed by atoms with Gasteiger partial charge in [-0.05, 0) is 86.5 Å². The number of nitrogens with zero attached hydrogens (tertiary/aromatic N) is 5. The maximum Gasteiger partial charge on any atom is 0.238 e. The van der Waals surface area contributed by atoms with Crippen LogP contribution in [0.3, 0.4) is 0 Å². The van der Waals surface area contributed by atoms with E-state index in [4.69, 9.17) is 15.0 Å². The molecule has 0 spiro atoms. The van der Waals surface area contributed by atoms with E-state index in [1.54, 1.807) is 0 Å². The van der Waals surface area contributed by atoms with Crippen molar-refractivity contribution in [1.29, 1.82) is 0 Å². The van der Waals surface area contributed by atoms with Crippen molar-refractivity contribution >= 4 is 43.6 Å². The first-order valence-electron chi connectivity index (χ1n) is 25.1. The van der Waals surface area contributed by atoms with E-state index in [2.05, 4.69) is 258 Å². The third kappa shape index (κ3) is 7.37. The summed E-state index contributed by atoms with van der Waals surface area (Å²) in [5, 5.41) is 4.52. The SMILES string of the molecule is c1ccc(-c2cccc(-c3cccc(-c4ccccc4-c4ccccc4-n4c5ccccc5c5ccc6c7ccccc7n(-c7nc(-c8ccccc8)nc(-c8cccc(-c9ccccc9)c8)n7)c6c54)c3)c2)cc1. The van der Waals surface area contributed by atoms with Crippen LogP contribution in [0.15, 0.2) is 273 Å². The molecular weight excluding hydrogens is 899 g/mol. The number of aromatic nitrogens is 5. The number of benzene rings is 11. The molecule has 0 amide bonds. The van der Waals surface area contributed by atoms with Crippen LogP contribution < -0.4 is 0 Å². The minimum absolute atomic E-state index is 0.544. The first-order valence-corrected chi connectivity index (χ1v) is 25.1. The van der Waals surface area contributed by atoms with Crippen LogP contribution in [0.2, 0.25) is 0 Å². The molecule has 0 aliphatic heterocycles. The van der Waals surface area contributed by atoms with Crippen LogP contribution in [-0.4, -0.2) is 24.1 Å². The second-order valence-electron chi connectivity index (χ2n) is 18.7. The lowest BCUT2D eigenvalue weighted by Gasteiger charge is -2.18. The Morgan fingerprint density at radius 3 is 1.23 bits per heavy atom. The van der Waals surface area contributed by atoms with Crippen LogP contribution in [0.1, 0.15) is 0 Å². The van der Waals surface area contributed by atoms with Crippen LogP contribution in [-0.2, 0) is 0 Å². The lowest BCUT2D eigenvalue weighted by molar-refractivity contribution is 0.953. The lowest BCUT2D eigenvalue weighted by atomic mass is 9.91. The van der Waals surface area contributed by atoms with Crippen molar-refractivity contribution in [3.05, 3.63) is 273 Å². The molecule has 5 nitrogen and oxygen atoms in total. The van der Waals surface area contributed by atoms with Gasteiger partial charge in [-0.25, -0.2) is 4.98 Å². The second-order valence-corrected chi connectivity index (χ2v) is 18.7. The summed E-state index contributed by atoms with van der Waals surface area (Å²) in [5.74, 6) is 1.74. The molecule has 14 rings (SSSR count). The van der Waals surface area contributed by atoms with E-state index in [1.165, 1.54) is 22.3 Å². The molecule has 3 heterocycles. The molecule has 0 N–H and O–H groups in total. The van der Waals surface area contributed by atoms with Crippen molar-refractivity contribution in [2.45, 2.75) is 0 Å². The molecule has 3 aromatic heterocycles. The summed E-state index contributed by atoms with van der Waals surface area (Å²) in [4.78, 5) is 16.1. The Balaban J connectivity index is 1.00. The molecule has 0 bridgehead atoms. The maximum atomic E-state index is 5.46. The average Bonchev–Trinajstić information content (AvgIpc) is 4.02. The number of para-hydroxylation sites is 3. The summed E-state index contributed by atoms with van der Waals surface area (Å²) in [5.41, 5.74) is 18.6. The van der Waals surface area contributed by atoms with Crippen LogP contribution >= 0.6 is 0 Å². The van der Waals surface area contributed by atoms with Crippen LogP contribution in [0.25, 0.3) is 134 Å². The second kappa shape index (κ2) is 18.0. The maximum absolute atomic E-state index is 5.46. The highest BCUT2D eigenvalue weighted by molar-refractivity contribution is 6.24. The van der Waals surface area contributed by atoms with Crippen molar-refractivity contribution < 1.29 is 0 Å². The molecular formula is C69H45N5. The summed E-state index contributed by atoms with van der Waals surface area (Å²) < 4.78 is 4.75. The largest absolute Gasteiger partial charge is 0.307 e. The summed E-state index contributed by atoms with van der Waals surface area (Å²) in [6, 6.07) is 97.3. The zero-order chi connectivity index (χ0) is 49.0. The Hall–Kier alpha value is -9.97. The molecule has 0 atom stereocenters. The first-order chi connectivity index (χ1) is 36.7. The highest BCUT2D eigenvalue weighted by atomic mass is 15.2. The molecule has 11 aromatic carbocycles. The van der Waals surface area contributed by atoms with Crippen molar-refractivity contribution in [3.8, 4) is 90.0 Å². The molecule has 0 fully saturated rings. The van der Waals surface area contributed by atoms with Gasteiger partial charge in [0.1, 0.15) is 0 Å². The topological polar surface area (TPSA) is 48.5 Å². The predicted octanol–water partition coefficient (Wildman–Crippen LogP) is 17.7. The van der Waals surface area contributed by atoms with Gasteiger partial charge in [-0.3, -0.25) is 4.57 Å². The third-order valence-corrected chi connectivity index (χ3v) is 14.4. The van der Waals surface area contributed by atoms with E-state index in [0.717, 1.165) is 93.8 Å². The Morgan fingerprint density at radius 2 is 0.622 bits per heavy atom. The molecule has 14 aromatic rings. The average molecular weight is 944 g/mol. The van der Waals surface area contributed by atoms with Gasteiger partial charge in [0.25, 0.3) is 0 Å². The van der Waals surface area contributed by atoms with E-state index in [-0.39, 0.29) is 0 Å². The fourth-order valence-corrected chi connectivity index (χ4v) is 11.0. The monoisotopic (exact) mass is 943 g/mol. The van der Waals surface area contributed by atoms with E-state index >= 15 is 0 Å². The molecule has 0 unspecified atom stereocenters. The molecule has 0 radical (unpaired) electrons. The molecule has 346 valence electrons. The smallest absolute Gasteiger partial charge is 0.238 e. The highest BCUT2D eigenvalue weighted by Gasteiger charge is 2.25. The number of hydrogen-bond acceptors (Lipinski definition) is 3. The quantitative estimate of drug-likeness (QED) is 0.145. The van der Waals surface area contributed by atoms with Gasteiger partial charge >= 0.3 is 0 Å². The fourth-order valence-electron chi connectivity index (χ4n) is 11.0.